The van der Waals surface area contributed by atoms with Gasteiger partial charge in [-0.25, -0.2) is 9.97 Å². The fraction of sp³-hybridized carbons (Fsp3) is 0.607. The van der Waals surface area contributed by atoms with Gasteiger partial charge in [-0.1, -0.05) is 47.5 Å². The van der Waals surface area contributed by atoms with Crippen LogP contribution in [0.4, 0.5) is 11.4 Å². The van der Waals surface area contributed by atoms with Crippen molar-refractivity contribution in [2.45, 2.75) is 156 Å². The molecule has 2 aliphatic heterocycles. The van der Waals surface area contributed by atoms with Gasteiger partial charge in [0.05, 0.1) is 43.6 Å². The zero-order valence-corrected chi connectivity index (χ0v) is 45.0. The van der Waals surface area contributed by atoms with E-state index in [1.54, 1.807) is 12.1 Å². The number of aromatic nitrogens is 4. The van der Waals surface area contributed by atoms with E-state index in [0.717, 1.165) is 139 Å². The minimum absolute atomic E-state index is 0.0221. The summed E-state index contributed by atoms with van der Waals surface area (Å²) in [5.41, 5.74) is 4.66. The number of anilines is 2. The molecule has 4 saturated carbocycles. The second-order valence-corrected chi connectivity index (χ2v) is 25.2. The number of carbonyl (C=O) groups excluding carboxylic acids is 4. The van der Waals surface area contributed by atoms with Crippen molar-refractivity contribution in [2.75, 3.05) is 36.8 Å². The molecule has 4 fully saturated rings. The summed E-state index contributed by atoms with van der Waals surface area (Å²) in [6.45, 7) is 16.6. The Morgan fingerprint density at radius 2 is 0.972 bits per heavy atom. The minimum Gasteiger partial charge on any atom is -0.460 e. The summed E-state index contributed by atoms with van der Waals surface area (Å²) in [6.07, 6.45) is 13.4. The first kappa shape index (κ1) is 50.8. The molecule has 0 saturated heterocycles. The number of nitrogens with zero attached hydrogens (tertiary/aromatic N) is 6. The molecule has 4 aromatic rings. The highest BCUT2D eigenvalue weighted by Gasteiger charge is 2.60. The quantitative estimate of drug-likeness (QED) is 0.124. The van der Waals surface area contributed by atoms with Crippen LogP contribution in [0.1, 0.15) is 163 Å². The average Bonchev–Trinajstić information content (AvgIpc) is 4.19. The largest absolute Gasteiger partial charge is 0.460 e. The van der Waals surface area contributed by atoms with Gasteiger partial charge in [-0.2, -0.15) is 0 Å². The Morgan fingerprint density at radius 1 is 0.597 bits per heavy atom. The lowest BCUT2D eigenvalue weighted by Gasteiger charge is -2.32. The Morgan fingerprint density at radius 3 is 1.33 bits per heavy atom. The van der Waals surface area contributed by atoms with Gasteiger partial charge in [-0.3, -0.25) is 29.0 Å². The second-order valence-electron chi connectivity index (χ2n) is 24.5. The van der Waals surface area contributed by atoms with E-state index < -0.39 is 11.2 Å². The molecule has 10 rings (SSSR count). The Labute approximate surface area is 434 Å². The van der Waals surface area contributed by atoms with Gasteiger partial charge in [-0.15, -0.1) is 0 Å². The molecule has 6 aliphatic rings. The van der Waals surface area contributed by atoms with Gasteiger partial charge in [0.15, 0.2) is 11.6 Å². The predicted octanol–water partition coefficient (Wildman–Crippen LogP) is 10.7. The van der Waals surface area contributed by atoms with Crippen LogP contribution >= 0.6 is 23.2 Å². The normalized spacial score (nSPS) is 25.9. The number of esters is 2. The molecule has 16 heteroatoms. The number of hydrogen-bond donors (Lipinski definition) is 2. The van der Waals surface area contributed by atoms with Crippen LogP contribution in [-0.4, -0.2) is 90.0 Å². The summed E-state index contributed by atoms with van der Waals surface area (Å²) in [4.78, 5) is 69.0. The zero-order chi connectivity index (χ0) is 51.2. The van der Waals surface area contributed by atoms with Crippen molar-refractivity contribution in [1.82, 2.24) is 28.9 Å². The van der Waals surface area contributed by atoms with E-state index in [-0.39, 0.29) is 45.4 Å². The summed E-state index contributed by atoms with van der Waals surface area (Å²) in [6, 6.07) is 10.8. The van der Waals surface area contributed by atoms with Gasteiger partial charge in [0, 0.05) is 75.6 Å². The van der Waals surface area contributed by atoms with Crippen molar-refractivity contribution >= 4 is 58.3 Å². The molecule has 0 atom stereocenters. The number of nitrogens with one attached hydrogen (secondary N) is 2. The van der Waals surface area contributed by atoms with Crippen molar-refractivity contribution in [3.63, 3.8) is 0 Å². The predicted molar refractivity (Wildman–Crippen MR) is 279 cm³/mol. The van der Waals surface area contributed by atoms with E-state index in [0.29, 0.717) is 57.3 Å². The first-order chi connectivity index (χ1) is 34.0. The topological polar surface area (TPSA) is 153 Å². The van der Waals surface area contributed by atoms with Crippen molar-refractivity contribution < 1.29 is 28.7 Å². The van der Waals surface area contributed by atoms with Crippen molar-refractivity contribution in [3.05, 3.63) is 80.9 Å². The van der Waals surface area contributed by atoms with Gasteiger partial charge < -0.3 is 29.2 Å². The number of imidazole rings is 2. The van der Waals surface area contributed by atoms with Gasteiger partial charge >= 0.3 is 11.9 Å². The van der Waals surface area contributed by atoms with Crippen LogP contribution in [0.5, 0.6) is 0 Å². The Kier molecular flexibility index (Phi) is 13.1. The summed E-state index contributed by atoms with van der Waals surface area (Å²) >= 11 is 14.2. The fourth-order valence-corrected chi connectivity index (χ4v) is 14.0. The molecule has 4 heterocycles. The highest BCUT2D eigenvalue weighted by atomic mass is 35.5. The summed E-state index contributed by atoms with van der Waals surface area (Å²) in [5.74, 6) is -0.154. The number of benzene rings is 2. The number of ether oxygens (including phenoxy) is 2. The van der Waals surface area contributed by atoms with Crippen LogP contribution < -0.4 is 10.6 Å². The summed E-state index contributed by atoms with van der Waals surface area (Å²) in [5, 5.41) is 6.64. The first-order valence-corrected chi connectivity index (χ1v) is 26.9. The van der Waals surface area contributed by atoms with E-state index in [1.807, 2.05) is 89.0 Å². The molecule has 2 N–H and O–H groups in total. The lowest BCUT2D eigenvalue weighted by Crippen LogP contribution is -2.35. The Balaban J connectivity index is 0.752. The monoisotopic (exact) mass is 1020 g/mol. The highest BCUT2D eigenvalue weighted by molar-refractivity contribution is 6.40. The van der Waals surface area contributed by atoms with Crippen LogP contribution in [0.25, 0.3) is 11.1 Å². The first-order valence-electron chi connectivity index (χ1n) is 26.2. The molecule has 72 heavy (non-hydrogen) atoms. The molecular formula is C56H72Cl2N8O6. The maximum Gasteiger partial charge on any atom is 0.312 e. The number of rotatable bonds is 13. The van der Waals surface area contributed by atoms with Crippen LogP contribution in [0.15, 0.2) is 36.4 Å². The van der Waals surface area contributed by atoms with E-state index in [1.165, 1.54) is 0 Å². The molecule has 2 amide bonds. The van der Waals surface area contributed by atoms with Gasteiger partial charge in [0.25, 0.3) is 11.8 Å². The molecule has 0 spiro atoms. The molecule has 2 aromatic heterocycles. The van der Waals surface area contributed by atoms with Crippen LogP contribution in [-0.2, 0) is 59.1 Å². The lowest BCUT2D eigenvalue weighted by molar-refractivity contribution is -0.168. The lowest BCUT2D eigenvalue weighted by atomic mass is 9.80. The number of hydrogen-bond acceptors (Lipinski definition) is 10. The van der Waals surface area contributed by atoms with Crippen molar-refractivity contribution in [2.24, 2.45) is 35.8 Å². The Hall–Kier alpha value is -4.76. The third-order valence-corrected chi connectivity index (χ3v) is 18.2. The molecule has 386 valence electrons. The van der Waals surface area contributed by atoms with Gasteiger partial charge in [0.2, 0.25) is 0 Å². The maximum atomic E-state index is 14.0. The number of halogens is 2. The number of carbonyl (C=O) groups is 4. The maximum absolute atomic E-state index is 14.0. The average molecular weight is 1020 g/mol. The van der Waals surface area contributed by atoms with Gasteiger partial charge in [0.1, 0.15) is 11.2 Å². The van der Waals surface area contributed by atoms with E-state index in [4.69, 9.17) is 42.6 Å². The molecule has 14 nitrogen and oxygen atoms in total. The SMILES string of the molecule is Cn1c(C(=O)Nc2cccc(-c3cccc(NC(=O)c4nc5c(n4C)CCN(CCC46CCC(C(=O)OC(C)(C)C)(CC4)C6)C5)c3Cl)c2Cl)nc2c1CCN(CCC13CCC(C(=O)OC(C)(C)C)(CC1)C3)C2. The smallest absolute Gasteiger partial charge is 0.312 e. The molecular weight excluding hydrogens is 952 g/mol. The number of fused-ring (bicyclic) bond motifs is 6. The Bertz CT molecular complexity index is 2630. The van der Waals surface area contributed by atoms with Crippen LogP contribution in [0.3, 0.4) is 0 Å². The molecule has 0 radical (unpaired) electrons. The molecule has 2 aromatic carbocycles. The van der Waals surface area contributed by atoms with E-state index in [9.17, 15) is 19.2 Å². The van der Waals surface area contributed by atoms with Gasteiger partial charge in [-0.05, 0) is 155 Å². The third kappa shape index (κ3) is 9.63. The summed E-state index contributed by atoms with van der Waals surface area (Å²) < 4.78 is 15.5. The highest BCUT2D eigenvalue weighted by Crippen LogP contribution is 2.65. The van der Waals surface area contributed by atoms with Crippen LogP contribution in [0.2, 0.25) is 10.0 Å². The van der Waals surface area contributed by atoms with Crippen molar-refractivity contribution in [1.29, 1.82) is 0 Å². The molecule has 4 bridgehead atoms. The third-order valence-electron chi connectivity index (χ3n) is 17.4. The summed E-state index contributed by atoms with van der Waals surface area (Å²) in [7, 11) is 3.78. The zero-order valence-electron chi connectivity index (χ0n) is 43.5. The minimum atomic E-state index is -0.480. The molecule has 4 aliphatic carbocycles. The van der Waals surface area contributed by atoms with Crippen LogP contribution in [0, 0.1) is 21.7 Å². The number of amides is 2. The molecule has 0 unspecified atom stereocenters. The fourth-order valence-electron chi connectivity index (χ4n) is 13.4. The second kappa shape index (κ2) is 18.6. The standard InChI is InChI=1S/C56H72Cl2N8O6/c1-51(2,3)71-49(69)55-21-17-53(33-55,18-22-55)25-29-65-27-15-41-39(31-65)59-45(63(41)7)47(67)61-37-13-9-11-35(43(37)57)36-12-10-14-38(44(36)58)62-48(68)46-60-40-32-66(28-16-42(40)64(46)8)30-26-54-19-23-56(34-54,24-20-54)50(70)72-52(4,5)6/h9-14H,15-34H2,1-8H3,(H,61,67)(H,62,68). The van der Waals surface area contributed by atoms with E-state index >= 15 is 0 Å². The van der Waals surface area contributed by atoms with E-state index in [2.05, 4.69) is 20.4 Å². The van der Waals surface area contributed by atoms with Crippen molar-refractivity contribution in [3.8, 4) is 11.1 Å².